The lowest BCUT2D eigenvalue weighted by Gasteiger charge is -2.30. The van der Waals surface area contributed by atoms with Crippen molar-refractivity contribution in [3.05, 3.63) is 11.6 Å². The van der Waals surface area contributed by atoms with Gasteiger partial charge in [-0.1, -0.05) is 0 Å². The summed E-state index contributed by atoms with van der Waals surface area (Å²) in [5, 5.41) is 6.17. The van der Waals surface area contributed by atoms with Crippen LogP contribution in [0.25, 0.3) is 0 Å². The summed E-state index contributed by atoms with van der Waals surface area (Å²) in [5.74, 6) is 0.116. The van der Waals surface area contributed by atoms with Gasteiger partial charge in [0.05, 0.1) is 6.04 Å². The van der Waals surface area contributed by atoms with Gasteiger partial charge in [-0.3, -0.25) is 9.69 Å². The van der Waals surface area contributed by atoms with Crippen LogP contribution in [0.5, 0.6) is 0 Å². The largest absolute Gasteiger partial charge is 0.350 e. The minimum Gasteiger partial charge on any atom is -0.350 e. The fourth-order valence-corrected chi connectivity index (χ4v) is 3.22. The highest BCUT2D eigenvalue weighted by atomic mass is 32.1. The van der Waals surface area contributed by atoms with Crippen molar-refractivity contribution < 1.29 is 4.79 Å². The van der Waals surface area contributed by atoms with Crippen LogP contribution in [0, 0.1) is 0 Å². The number of carbonyl (C=O) groups excluding carboxylic acids is 1. The van der Waals surface area contributed by atoms with Crippen LogP contribution in [0.4, 0.5) is 5.13 Å². The maximum absolute atomic E-state index is 12.3. The molecule has 1 saturated heterocycles. The molecule has 1 aromatic rings. The molecule has 1 aliphatic rings. The highest BCUT2D eigenvalue weighted by Crippen LogP contribution is 2.19. The van der Waals surface area contributed by atoms with E-state index in [1.54, 1.807) is 11.3 Å². The number of anilines is 1. The van der Waals surface area contributed by atoms with E-state index in [0.717, 1.165) is 37.7 Å². The van der Waals surface area contributed by atoms with Gasteiger partial charge in [0.15, 0.2) is 5.13 Å². The van der Waals surface area contributed by atoms with Gasteiger partial charge in [0.1, 0.15) is 0 Å². The van der Waals surface area contributed by atoms with Gasteiger partial charge in [-0.25, -0.2) is 4.98 Å². The van der Waals surface area contributed by atoms with E-state index in [2.05, 4.69) is 20.1 Å². The fraction of sp³-hybridized carbons (Fsp3) is 0.733. The van der Waals surface area contributed by atoms with Crippen molar-refractivity contribution in [1.29, 1.82) is 0 Å². The van der Waals surface area contributed by atoms with Gasteiger partial charge < -0.3 is 10.2 Å². The third-order valence-corrected chi connectivity index (χ3v) is 4.48. The molecule has 1 N–H and O–H groups in total. The van der Waals surface area contributed by atoms with E-state index in [1.807, 2.05) is 39.3 Å². The molecule has 0 aliphatic carbocycles. The van der Waals surface area contributed by atoms with Crippen molar-refractivity contribution >= 4 is 22.4 Å². The van der Waals surface area contributed by atoms with Crippen molar-refractivity contribution in [3.8, 4) is 0 Å². The molecule has 0 radical (unpaired) electrons. The van der Waals surface area contributed by atoms with E-state index in [4.69, 9.17) is 0 Å². The van der Waals surface area contributed by atoms with Crippen molar-refractivity contribution in [3.63, 3.8) is 0 Å². The molecule has 5 nitrogen and oxygen atoms in total. The van der Waals surface area contributed by atoms with Crippen LogP contribution in [0.1, 0.15) is 34.1 Å². The molecule has 1 aromatic heterocycles. The number of amides is 1. The summed E-state index contributed by atoms with van der Waals surface area (Å²) in [7, 11) is 0. The molecule has 6 heteroatoms. The first kappa shape index (κ1) is 16.2. The van der Waals surface area contributed by atoms with E-state index in [1.165, 1.54) is 0 Å². The molecule has 0 aromatic carbocycles. The normalized spacial score (nSPS) is 19.1. The molecule has 1 atom stereocenters. The lowest BCUT2D eigenvalue weighted by Crippen LogP contribution is -2.51. The average molecular weight is 310 g/mol. The fourth-order valence-electron chi connectivity index (χ4n) is 2.53. The van der Waals surface area contributed by atoms with E-state index in [-0.39, 0.29) is 17.5 Å². The summed E-state index contributed by atoms with van der Waals surface area (Å²) in [6, 6.07) is -0.0829. The summed E-state index contributed by atoms with van der Waals surface area (Å²) in [5.41, 5.74) is -0.176. The molecular weight excluding hydrogens is 284 g/mol. The second-order valence-electron chi connectivity index (χ2n) is 6.61. The highest BCUT2D eigenvalue weighted by molar-refractivity contribution is 7.13. The quantitative estimate of drug-likeness (QED) is 0.927. The summed E-state index contributed by atoms with van der Waals surface area (Å²) >= 11 is 1.68. The molecule has 0 bridgehead atoms. The number of aromatic nitrogens is 1. The lowest BCUT2D eigenvalue weighted by atomic mass is 10.1. The van der Waals surface area contributed by atoms with Crippen LogP contribution >= 0.6 is 11.3 Å². The number of nitrogens with one attached hydrogen (secondary N) is 1. The predicted octanol–water partition coefficient (Wildman–Crippen LogP) is 1.96. The number of thiazole rings is 1. The topological polar surface area (TPSA) is 48.5 Å². The zero-order valence-electron chi connectivity index (χ0n) is 13.4. The Bertz CT molecular complexity index is 455. The van der Waals surface area contributed by atoms with E-state index >= 15 is 0 Å². The first-order valence-corrected chi connectivity index (χ1v) is 8.45. The average Bonchev–Trinajstić information content (AvgIpc) is 2.81. The molecule has 0 saturated carbocycles. The second kappa shape index (κ2) is 6.75. The van der Waals surface area contributed by atoms with E-state index < -0.39 is 0 Å². The van der Waals surface area contributed by atoms with Gasteiger partial charge in [-0.05, 0) is 34.1 Å². The van der Waals surface area contributed by atoms with Crippen LogP contribution in [0.3, 0.4) is 0 Å². The third-order valence-electron chi connectivity index (χ3n) is 3.65. The molecule has 2 rings (SSSR count). The SMILES string of the molecule is C[C@@H](C(=O)NC(C)(C)C)N1CCCN(c2nccs2)CC1. The molecule has 1 amide bonds. The van der Waals surface area contributed by atoms with Crippen molar-refractivity contribution in [2.45, 2.75) is 45.7 Å². The lowest BCUT2D eigenvalue weighted by molar-refractivity contribution is -0.127. The maximum Gasteiger partial charge on any atom is 0.237 e. The first-order chi connectivity index (χ1) is 9.87. The van der Waals surface area contributed by atoms with Gasteiger partial charge in [0, 0.05) is 43.3 Å². The Hall–Kier alpha value is -1.14. The van der Waals surface area contributed by atoms with Gasteiger partial charge >= 0.3 is 0 Å². The second-order valence-corrected chi connectivity index (χ2v) is 7.48. The molecule has 118 valence electrons. The molecule has 0 unspecified atom stereocenters. The summed E-state index contributed by atoms with van der Waals surface area (Å²) in [6.07, 6.45) is 2.91. The summed E-state index contributed by atoms with van der Waals surface area (Å²) in [6.45, 7) is 11.9. The Kier molecular flexibility index (Phi) is 5.22. The molecule has 0 spiro atoms. The zero-order chi connectivity index (χ0) is 15.5. The smallest absolute Gasteiger partial charge is 0.237 e. The molecular formula is C15H26N4OS. The van der Waals surface area contributed by atoms with Crippen LogP contribution in [-0.4, -0.2) is 53.6 Å². The monoisotopic (exact) mass is 310 g/mol. The molecule has 1 aliphatic heterocycles. The molecule has 21 heavy (non-hydrogen) atoms. The predicted molar refractivity (Wildman–Crippen MR) is 87.9 cm³/mol. The Labute approximate surface area is 131 Å². The van der Waals surface area contributed by atoms with Crippen LogP contribution in [0.15, 0.2) is 11.6 Å². The van der Waals surface area contributed by atoms with Crippen molar-refractivity contribution in [2.24, 2.45) is 0 Å². The highest BCUT2D eigenvalue weighted by Gasteiger charge is 2.26. The van der Waals surface area contributed by atoms with E-state index in [0.29, 0.717) is 0 Å². The van der Waals surface area contributed by atoms with Crippen molar-refractivity contribution in [2.75, 3.05) is 31.1 Å². The Balaban J connectivity index is 1.91. The minimum atomic E-state index is -0.176. The number of rotatable bonds is 3. The van der Waals surface area contributed by atoms with Gasteiger partial charge in [-0.15, -0.1) is 11.3 Å². The Morgan fingerprint density at radius 1 is 1.33 bits per heavy atom. The number of nitrogens with zero attached hydrogens (tertiary/aromatic N) is 3. The van der Waals surface area contributed by atoms with Gasteiger partial charge in [0.25, 0.3) is 0 Å². The van der Waals surface area contributed by atoms with Crippen LogP contribution < -0.4 is 10.2 Å². The number of carbonyl (C=O) groups is 1. The number of hydrogen-bond acceptors (Lipinski definition) is 5. The summed E-state index contributed by atoms with van der Waals surface area (Å²) in [4.78, 5) is 21.3. The Morgan fingerprint density at radius 3 is 2.71 bits per heavy atom. The minimum absolute atomic E-state index is 0.0829. The van der Waals surface area contributed by atoms with E-state index in [9.17, 15) is 4.79 Å². The Morgan fingerprint density at radius 2 is 2.10 bits per heavy atom. The zero-order valence-corrected chi connectivity index (χ0v) is 14.2. The van der Waals surface area contributed by atoms with Crippen molar-refractivity contribution in [1.82, 2.24) is 15.2 Å². The number of hydrogen-bond donors (Lipinski definition) is 1. The third kappa shape index (κ3) is 4.68. The van der Waals surface area contributed by atoms with Crippen LogP contribution in [0.2, 0.25) is 0 Å². The summed E-state index contributed by atoms with van der Waals surface area (Å²) < 4.78 is 0. The molecule has 2 heterocycles. The van der Waals surface area contributed by atoms with Gasteiger partial charge in [-0.2, -0.15) is 0 Å². The molecule has 1 fully saturated rings. The first-order valence-electron chi connectivity index (χ1n) is 7.57. The maximum atomic E-state index is 12.3. The van der Waals surface area contributed by atoms with Crippen LogP contribution in [-0.2, 0) is 4.79 Å². The standard InChI is InChI=1S/C15H26N4OS/c1-12(13(20)17-15(2,3)4)18-7-5-8-19(10-9-18)14-16-6-11-21-14/h6,11-12H,5,7-10H2,1-4H3,(H,17,20)/t12-/m0/s1. The van der Waals surface area contributed by atoms with Gasteiger partial charge in [0.2, 0.25) is 5.91 Å².